The number of H-pyrrole nitrogens is 1. The molecule has 0 radical (unpaired) electrons. The topological polar surface area (TPSA) is 65.1 Å². The van der Waals surface area contributed by atoms with Crippen molar-refractivity contribution in [3.8, 4) is 0 Å². The minimum atomic E-state index is -0.143. The van der Waals surface area contributed by atoms with Crippen LogP contribution in [-0.4, -0.2) is 29.1 Å². The summed E-state index contributed by atoms with van der Waals surface area (Å²) < 4.78 is 0. The maximum Gasteiger partial charge on any atom is 0.253 e. The standard InChI is InChI=1S/C9H14N2O2/c1-6-5-8(7(2)11-6)9(13)10-3-4-12/h5,11-12H,3-4H2,1-2H3,(H,10,13). The fourth-order valence-electron chi connectivity index (χ4n) is 1.22. The van der Waals surface area contributed by atoms with Gasteiger partial charge in [0.1, 0.15) is 0 Å². The number of hydrogen-bond acceptors (Lipinski definition) is 2. The molecule has 3 N–H and O–H groups in total. The summed E-state index contributed by atoms with van der Waals surface area (Å²) in [5.41, 5.74) is 2.46. The molecule has 0 atom stereocenters. The molecule has 0 saturated carbocycles. The maximum absolute atomic E-state index is 11.4. The quantitative estimate of drug-likeness (QED) is 0.631. The summed E-state index contributed by atoms with van der Waals surface area (Å²) in [6, 6.07) is 1.79. The van der Waals surface area contributed by atoms with Gasteiger partial charge in [-0.2, -0.15) is 0 Å². The van der Waals surface area contributed by atoms with E-state index < -0.39 is 0 Å². The molecular formula is C9H14N2O2. The molecule has 0 aromatic carbocycles. The first-order chi connectivity index (χ1) is 6.15. The highest BCUT2D eigenvalue weighted by Gasteiger charge is 2.09. The van der Waals surface area contributed by atoms with Gasteiger partial charge < -0.3 is 15.4 Å². The van der Waals surface area contributed by atoms with Crippen molar-refractivity contribution < 1.29 is 9.90 Å². The van der Waals surface area contributed by atoms with E-state index in [9.17, 15) is 4.79 Å². The second-order valence-corrected chi connectivity index (χ2v) is 2.97. The van der Waals surface area contributed by atoms with Gasteiger partial charge >= 0.3 is 0 Å². The molecule has 1 aromatic heterocycles. The van der Waals surface area contributed by atoms with Crippen LogP contribution in [0.5, 0.6) is 0 Å². The van der Waals surface area contributed by atoms with Crippen LogP contribution in [0.2, 0.25) is 0 Å². The third kappa shape index (κ3) is 2.32. The Bertz CT molecular complexity index is 305. The summed E-state index contributed by atoms with van der Waals surface area (Å²) in [6.07, 6.45) is 0. The van der Waals surface area contributed by atoms with Crippen molar-refractivity contribution in [2.45, 2.75) is 13.8 Å². The third-order valence-corrected chi connectivity index (χ3v) is 1.79. The van der Waals surface area contributed by atoms with Crippen LogP contribution in [0.25, 0.3) is 0 Å². The van der Waals surface area contributed by atoms with Gasteiger partial charge in [-0.15, -0.1) is 0 Å². The summed E-state index contributed by atoms with van der Waals surface area (Å²) in [7, 11) is 0. The number of aromatic nitrogens is 1. The van der Waals surface area contributed by atoms with E-state index in [1.54, 1.807) is 6.07 Å². The van der Waals surface area contributed by atoms with Crippen molar-refractivity contribution in [3.63, 3.8) is 0 Å². The van der Waals surface area contributed by atoms with Crippen molar-refractivity contribution >= 4 is 5.91 Å². The SMILES string of the molecule is Cc1cc(C(=O)NCCO)c(C)[nH]1. The molecular weight excluding hydrogens is 168 g/mol. The van der Waals surface area contributed by atoms with E-state index in [4.69, 9.17) is 5.11 Å². The van der Waals surface area contributed by atoms with Gasteiger partial charge in [-0.25, -0.2) is 0 Å². The lowest BCUT2D eigenvalue weighted by Gasteiger charge is -2.01. The van der Waals surface area contributed by atoms with Crippen molar-refractivity contribution in [1.82, 2.24) is 10.3 Å². The van der Waals surface area contributed by atoms with Gasteiger partial charge in [-0.1, -0.05) is 0 Å². The number of rotatable bonds is 3. The Morgan fingerprint density at radius 3 is 2.77 bits per heavy atom. The van der Waals surface area contributed by atoms with Gasteiger partial charge in [0.15, 0.2) is 0 Å². The van der Waals surface area contributed by atoms with Gasteiger partial charge in [0, 0.05) is 17.9 Å². The molecule has 1 rings (SSSR count). The Labute approximate surface area is 77.0 Å². The van der Waals surface area contributed by atoms with Crippen LogP contribution in [0, 0.1) is 13.8 Å². The lowest BCUT2D eigenvalue weighted by Crippen LogP contribution is -2.26. The number of aromatic amines is 1. The summed E-state index contributed by atoms with van der Waals surface area (Å²) in [6.45, 7) is 4.01. The van der Waals surface area contributed by atoms with E-state index in [1.165, 1.54) is 0 Å². The molecule has 0 aliphatic carbocycles. The first-order valence-corrected chi connectivity index (χ1v) is 4.20. The van der Waals surface area contributed by atoms with Gasteiger partial charge in [0.2, 0.25) is 0 Å². The maximum atomic E-state index is 11.4. The van der Waals surface area contributed by atoms with Gasteiger partial charge in [0.25, 0.3) is 5.91 Å². The van der Waals surface area contributed by atoms with Crippen LogP contribution in [-0.2, 0) is 0 Å². The highest BCUT2D eigenvalue weighted by Crippen LogP contribution is 2.08. The number of carbonyl (C=O) groups excluding carboxylic acids is 1. The summed E-state index contributed by atoms with van der Waals surface area (Å²) in [5, 5.41) is 11.1. The number of nitrogens with one attached hydrogen (secondary N) is 2. The van der Waals surface area contributed by atoms with E-state index in [2.05, 4.69) is 10.3 Å². The number of hydrogen-bond donors (Lipinski definition) is 3. The predicted octanol–water partition coefficient (Wildman–Crippen LogP) is 0.354. The monoisotopic (exact) mass is 182 g/mol. The molecule has 0 spiro atoms. The van der Waals surface area contributed by atoms with E-state index >= 15 is 0 Å². The van der Waals surface area contributed by atoms with Crippen LogP contribution in [0.3, 0.4) is 0 Å². The Morgan fingerprint density at radius 1 is 1.62 bits per heavy atom. The van der Waals surface area contributed by atoms with Gasteiger partial charge in [-0.05, 0) is 19.9 Å². The van der Waals surface area contributed by atoms with Crippen LogP contribution >= 0.6 is 0 Å². The molecule has 72 valence electrons. The highest BCUT2D eigenvalue weighted by molar-refractivity contribution is 5.95. The van der Waals surface area contributed by atoms with E-state index in [0.717, 1.165) is 11.4 Å². The second-order valence-electron chi connectivity index (χ2n) is 2.97. The van der Waals surface area contributed by atoms with Crippen molar-refractivity contribution in [3.05, 3.63) is 23.0 Å². The zero-order chi connectivity index (χ0) is 9.84. The second kappa shape index (κ2) is 4.09. The Kier molecular flexibility index (Phi) is 3.08. The van der Waals surface area contributed by atoms with Crippen LogP contribution in [0.4, 0.5) is 0 Å². The van der Waals surface area contributed by atoms with Crippen LogP contribution in [0.15, 0.2) is 6.07 Å². The predicted molar refractivity (Wildman–Crippen MR) is 49.7 cm³/mol. The molecule has 1 amide bonds. The first kappa shape index (κ1) is 9.80. The third-order valence-electron chi connectivity index (χ3n) is 1.79. The first-order valence-electron chi connectivity index (χ1n) is 4.20. The molecule has 13 heavy (non-hydrogen) atoms. The van der Waals surface area contributed by atoms with E-state index in [-0.39, 0.29) is 12.5 Å². The lowest BCUT2D eigenvalue weighted by atomic mass is 10.2. The molecule has 0 bridgehead atoms. The number of aliphatic hydroxyl groups is 1. The molecule has 4 nitrogen and oxygen atoms in total. The number of aliphatic hydroxyl groups excluding tert-OH is 1. The molecule has 0 aliphatic rings. The van der Waals surface area contributed by atoms with E-state index in [0.29, 0.717) is 12.1 Å². The molecule has 4 heteroatoms. The smallest absolute Gasteiger partial charge is 0.253 e. The minimum Gasteiger partial charge on any atom is -0.395 e. The average molecular weight is 182 g/mol. The Hall–Kier alpha value is -1.29. The normalized spacial score (nSPS) is 10.1. The van der Waals surface area contributed by atoms with E-state index in [1.807, 2.05) is 13.8 Å². The summed E-state index contributed by atoms with van der Waals surface area (Å²) >= 11 is 0. The fraction of sp³-hybridized carbons (Fsp3) is 0.444. The van der Waals surface area contributed by atoms with Crippen molar-refractivity contribution in [1.29, 1.82) is 0 Å². The Morgan fingerprint density at radius 2 is 2.31 bits per heavy atom. The lowest BCUT2D eigenvalue weighted by molar-refractivity contribution is 0.0944. The van der Waals surface area contributed by atoms with Crippen LogP contribution in [0.1, 0.15) is 21.7 Å². The largest absolute Gasteiger partial charge is 0.395 e. The minimum absolute atomic E-state index is 0.0335. The zero-order valence-electron chi connectivity index (χ0n) is 7.85. The van der Waals surface area contributed by atoms with Crippen LogP contribution < -0.4 is 5.32 Å². The van der Waals surface area contributed by atoms with Crippen molar-refractivity contribution in [2.75, 3.05) is 13.2 Å². The van der Waals surface area contributed by atoms with Gasteiger partial charge in [0.05, 0.1) is 12.2 Å². The molecule has 1 heterocycles. The number of aryl methyl sites for hydroxylation is 2. The molecule has 0 fully saturated rings. The van der Waals surface area contributed by atoms with Crippen molar-refractivity contribution in [2.24, 2.45) is 0 Å². The molecule has 0 aliphatic heterocycles. The highest BCUT2D eigenvalue weighted by atomic mass is 16.3. The number of carbonyl (C=O) groups is 1. The number of amides is 1. The molecule has 1 aromatic rings. The zero-order valence-corrected chi connectivity index (χ0v) is 7.85. The molecule has 0 saturated heterocycles. The Balaban J connectivity index is 2.70. The fourth-order valence-corrected chi connectivity index (χ4v) is 1.22. The van der Waals surface area contributed by atoms with Gasteiger partial charge in [-0.3, -0.25) is 4.79 Å². The summed E-state index contributed by atoms with van der Waals surface area (Å²) in [5.74, 6) is -0.143. The summed E-state index contributed by atoms with van der Waals surface area (Å²) in [4.78, 5) is 14.4. The average Bonchev–Trinajstić information content (AvgIpc) is 2.41. The molecule has 0 unspecified atom stereocenters.